The van der Waals surface area contributed by atoms with E-state index >= 15 is 0 Å². The highest BCUT2D eigenvalue weighted by atomic mass is 19.1. The number of nitrogens with one attached hydrogen (secondary N) is 1. The number of ether oxygens (including phenoxy) is 1. The minimum atomic E-state index is -1.27. The molecule has 1 aromatic rings. The molecule has 0 amide bonds. The first kappa shape index (κ1) is 15.0. The van der Waals surface area contributed by atoms with Crippen LogP contribution in [0.15, 0.2) is 24.8 Å². The molecule has 1 aromatic carbocycles. The van der Waals surface area contributed by atoms with E-state index < -0.39 is 11.8 Å². The summed E-state index contributed by atoms with van der Waals surface area (Å²) in [7, 11) is 0. The van der Waals surface area contributed by atoms with Crippen molar-refractivity contribution in [2.24, 2.45) is 0 Å². The van der Waals surface area contributed by atoms with Crippen LogP contribution in [0.25, 0.3) is 0 Å². The van der Waals surface area contributed by atoms with Gasteiger partial charge in [0.2, 0.25) is 0 Å². The van der Waals surface area contributed by atoms with Crippen LogP contribution in [0.2, 0.25) is 0 Å². The molecule has 0 heterocycles. The Labute approximate surface area is 110 Å². The minimum absolute atomic E-state index is 0.258. The lowest BCUT2D eigenvalue weighted by atomic mass is 10.1. The Morgan fingerprint density at radius 1 is 1.53 bits per heavy atom. The Morgan fingerprint density at radius 3 is 2.89 bits per heavy atom. The van der Waals surface area contributed by atoms with Crippen molar-refractivity contribution in [1.82, 2.24) is 0 Å². The third-order valence-corrected chi connectivity index (χ3v) is 2.43. The molecular weight excluding hydrogens is 251 g/mol. The Morgan fingerprint density at radius 2 is 2.26 bits per heavy atom. The van der Waals surface area contributed by atoms with Gasteiger partial charge in [-0.2, -0.15) is 0 Å². The van der Waals surface area contributed by atoms with Crippen LogP contribution in [0.5, 0.6) is 0 Å². The zero-order valence-electron chi connectivity index (χ0n) is 10.5. The second-order valence-electron chi connectivity index (χ2n) is 3.81. The third-order valence-electron chi connectivity index (χ3n) is 2.43. The number of carboxylic acids is 1. The predicted octanol–water partition coefficient (Wildman–Crippen LogP) is 2.11. The Balaban J connectivity index is 2.61. The molecule has 0 atom stereocenters. The van der Waals surface area contributed by atoms with Crippen LogP contribution < -0.4 is 11.1 Å². The van der Waals surface area contributed by atoms with Gasteiger partial charge in [0.05, 0.1) is 24.6 Å². The summed E-state index contributed by atoms with van der Waals surface area (Å²) in [6.45, 7) is 4.93. The van der Waals surface area contributed by atoms with Gasteiger partial charge in [0.15, 0.2) is 0 Å². The fourth-order valence-corrected chi connectivity index (χ4v) is 1.50. The molecule has 4 N–H and O–H groups in total. The Kier molecular flexibility index (Phi) is 5.81. The second-order valence-corrected chi connectivity index (χ2v) is 3.81. The van der Waals surface area contributed by atoms with E-state index in [1.165, 1.54) is 6.07 Å². The molecule has 0 aromatic heterocycles. The first-order valence-corrected chi connectivity index (χ1v) is 5.81. The average molecular weight is 268 g/mol. The summed E-state index contributed by atoms with van der Waals surface area (Å²) >= 11 is 0. The van der Waals surface area contributed by atoms with Crippen LogP contribution in [0.1, 0.15) is 16.8 Å². The lowest BCUT2D eigenvalue weighted by Crippen LogP contribution is -2.14. The van der Waals surface area contributed by atoms with Gasteiger partial charge in [-0.3, -0.25) is 0 Å². The molecule has 0 saturated heterocycles. The van der Waals surface area contributed by atoms with Crippen LogP contribution in [-0.2, 0) is 4.74 Å². The molecule has 5 nitrogen and oxygen atoms in total. The maximum Gasteiger partial charge on any atom is 0.340 e. The molecule has 0 spiro atoms. The Bertz CT molecular complexity index is 463. The molecule has 1 rings (SSSR count). The van der Waals surface area contributed by atoms with E-state index in [1.807, 2.05) is 0 Å². The van der Waals surface area contributed by atoms with Crippen molar-refractivity contribution < 1.29 is 19.0 Å². The van der Waals surface area contributed by atoms with Crippen LogP contribution in [0, 0.1) is 5.82 Å². The number of carboxylic acid groups (broad SMARTS) is 1. The van der Waals surface area contributed by atoms with Crippen LogP contribution >= 0.6 is 0 Å². The summed E-state index contributed by atoms with van der Waals surface area (Å²) in [5, 5.41) is 11.9. The normalized spacial score (nSPS) is 10.2. The number of hydrogen-bond donors (Lipinski definition) is 3. The highest BCUT2D eigenvalue weighted by Gasteiger charge is 2.16. The third kappa shape index (κ3) is 4.26. The molecule has 0 radical (unpaired) electrons. The maximum atomic E-state index is 13.2. The monoisotopic (exact) mass is 268 g/mol. The SMILES string of the molecule is C=CCCOCCNc1ccc(F)c(N)c1C(=O)O. The maximum absolute atomic E-state index is 13.2. The first-order valence-electron chi connectivity index (χ1n) is 5.81. The highest BCUT2D eigenvalue weighted by molar-refractivity contribution is 6.00. The van der Waals surface area contributed by atoms with Gasteiger partial charge in [0.1, 0.15) is 11.4 Å². The minimum Gasteiger partial charge on any atom is -0.478 e. The van der Waals surface area contributed by atoms with Crippen molar-refractivity contribution in [2.75, 3.05) is 30.8 Å². The van der Waals surface area contributed by atoms with E-state index in [0.717, 1.165) is 12.5 Å². The molecule has 6 heteroatoms. The van der Waals surface area contributed by atoms with Gasteiger partial charge in [-0.15, -0.1) is 6.58 Å². The smallest absolute Gasteiger partial charge is 0.340 e. The number of nitrogen functional groups attached to an aromatic ring is 1. The van der Waals surface area contributed by atoms with E-state index in [1.54, 1.807) is 6.08 Å². The molecule has 19 heavy (non-hydrogen) atoms. The lowest BCUT2D eigenvalue weighted by Gasteiger charge is -2.12. The average Bonchev–Trinajstić information content (AvgIpc) is 2.37. The summed E-state index contributed by atoms with van der Waals surface area (Å²) in [6.07, 6.45) is 2.50. The zero-order chi connectivity index (χ0) is 14.3. The second kappa shape index (κ2) is 7.38. The van der Waals surface area contributed by atoms with E-state index in [2.05, 4.69) is 11.9 Å². The Hall–Kier alpha value is -2.08. The lowest BCUT2D eigenvalue weighted by molar-refractivity contribution is 0.0698. The number of hydrogen-bond acceptors (Lipinski definition) is 4. The molecule has 0 fully saturated rings. The van der Waals surface area contributed by atoms with Gasteiger partial charge in [0.25, 0.3) is 0 Å². The van der Waals surface area contributed by atoms with E-state index in [4.69, 9.17) is 15.6 Å². The summed E-state index contributed by atoms with van der Waals surface area (Å²) in [6, 6.07) is 2.47. The fraction of sp³-hybridized carbons (Fsp3) is 0.308. The van der Waals surface area contributed by atoms with Crippen molar-refractivity contribution in [3.63, 3.8) is 0 Å². The molecule has 0 aliphatic heterocycles. The molecule has 0 aliphatic carbocycles. The van der Waals surface area contributed by atoms with E-state index in [9.17, 15) is 9.18 Å². The van der Waals surface area contributed by atoms with Gasteiger partial charge >= 0.3 is 5.97 Å². The van der Waals surface area contributed by atoms with Crippen molar-refractivity contribution >= 4 is 17.3 Å². The number of anilines is 2. The van der Waals surface area contributed by atoms with Crippen LogP contribution in [0.3, 0.4) is 0 Å². The largest absolute Gasteiger partial charge is 0.478 e. The molecular formula is C13H17FN2O3. The molecule has 0 aliphatic rings. The van der Waals surface area contributed by atoms with Gasteiger partial charge in [-0.25, -0.2) is 9.18 Å². The predicted molar refractivity (Wildman–Crippen MR) is 71.9 cm³/mol. The summed E-state index contributed by atoms with van der Waals surface area (Å²) in [5.74, 6) is -2.02. The quantitative estimate of drug-likeness (QED) is 0.382. The summed E-state index contributed by atoms with van der Waals surface area (Å²) < 4.78 is 18.5. The first-order chi connectivity index (χ1) is 9.07. The van der Waals surface area contributed by atoms with Gasteiger partial charge in [0, 0.05) is 6.54 Å². The van der Waals surface area contributed by atoms with Crippen molar-refractivity contribution in [3.05, 3.63) is 36.2 Å². The number of aromatic carboxylic acids is 1. The number of halogens is 1. The number of benzene rings is 1. The van der Waals surface area contributed by atoms with Crippen LogP contribution in [0.4, 0.5) is 15.8 Å². The number of nitrogens with two attached hydrogens (primary N) is 1. The topological polar surface area (TPSA) is 84.6 Å². The zero-order valence-corrected chi connectivity index (χ0v) is 10.5. The fourth-order valence-electron chi connectivity index (χ4n) is 1.50. The molecule has 104 valence electrons. The van der Waals surface area contributed by atoms with Crippen LogP contribution in [-0.4, -0.2) is 30.8 Å². The molecule has 0 saturated carbocycles. The molecule has 0 unspecified atom stereocenters. The highest BCUT2D eigenvalue weighted by Crippen LogP contribution is 2.24. The summed E-state index contributed by atoms with van der Waals surface area (Å²) in [5.41, 5.74) is 5.06. The molecule has 0 bridgehead atoms. The van der Waals surface area contributed by atoms with Gasteiger partial charge < -0.3 is 20.9 Å². The van der Waals surface area contributed by atoms with E-state index in [-0.39, 0.29) is 16.9 Å². The van der Waals surface area contributed by atoms with Crippen molar-refractivity contribution in [2.45, 2.75) is 6.42 Å². The summed E-state index contributed by atoms with van der Waals surface area (Å²) in [4.78, 5) is 11.0. The van der Waals surface area contributed by atoms with E-state index in [0.29, 0.717) is 19.8 Å². The van der Waals surface area contributed by atoms with Gasteiger partial charge in [-0.05, 0) is 18.6 Å². The van der Waals surface area contributed by atoms with Crippen molar-refractivity contribution in [3.8, 4) is 0 Å². The number of rotatable bonds is 8. The number of carbonyl (C=O) groups is 1. The van der Waals surface area contributed by atoms with Gasteiger partial charge in [-0.1, -0.05) is 6.08 Å². The van der Waals surface area contributed by atoms with Crippen molar-refractivity contribution in [1.29, 1.82) is 0 Å². The standard InChI is InChI=1S/C13H17FN2O3/c1-2-3-7-19-8-6-16-10-5-4-9(14)12(15)11(10)13(17)18/h2,4-5,16H,1,3,6-8,15H2,(H,17,18).